The van der Waals surface area contributed by atoms with E-state index in [1.807, 2.05) is 73.7 Å². The summed E-state index contributed by atoms with van der Waals surface area (Å²) in [7, 11) is 1.58. The molecule has 0 spiro atoms. The second-order valence-electron chi connectivity index (χ2n) is 7.61. The van der Waals surface area contributed by atoms with Crippen molar-refractivity contribution in [1.29, 1.82) is 0 Å². The number of carbonyl (C=O) groups excluding carboxylic acids is 1. The molecule has 0 saturated heterocycles. The topological polar surface area (TPSA) is 104 Å². The van der Waals surface area contributed by atoms with E-state index in [4.69, 9.17) is 21.1 Å². The zero-order valence-electron chi connectivity index (χ0n) is 19.2. The Morgan fingerprint density at radius 2 is 1.77 bits per heavy atom. The predicted octanol–water partition coefficient (Wildman–Crippen LogP) is 3.99. The maximum Gasteiger partial charge on any atom is 0.244 e. The summed E-state index contributed by atoms with van der Waals surface area (Å²) in [5.41, 5.74) is 6.68. The molecule has 178 valence electrons. The number of hydrazone groups is 1. The number of hydrogen-bond donors (Lipinski definition) is 1. The smallest absolute Gasteiger partial charge is 0.244 e. The fraction of sp³-hybridized carbons (Fsp3) is 0.160. The van der Waals surface area contributed by atoms with Crippen molar-refractivity contribution in [2.75, 3.05) is 7.11 Å². The number of halogens is 1. The lowest BCUT2D eigenvalue weighted by Crippen LogP contribution is -2.21. The van der Waals surface area contributed by atoms with E-state index in [1.54, 1.807) is 11.8 Å². The van der Waals surface area contributed by atoms with Gasteiger partial charge in [0.25, 0.3) is 0 Å². The fourth-order valence-electron chi connectivity index (χ4n) is 3.24. The average Bonchev–Trinajstić information content (AvgIpc) is 3.42. The van der Waals surface area contributed by atoms with Crippen LogP contribution in [0.1, 0.15) is 23.6 Å². The van der Waals surface area contributed by atoms with E-state index in [9.17, 15) is 4.79 Å². The zero-order valence-corrected chi connectivity index (χ0v) is 19.9. The summed E-state index contributed by atoms with van der Waals surface area (Å²) >= 11 is 5.93. The molecular formula is C25H23ClN6O3. The summed E-state index contributed by atoms with van der Waals surface area (Å²) in [6.45, 7) is 2.19. The van der Waals surface area contributed by atoms with Gasteiger partial charge in [0.05, 0.1) is 24.9 Å². The third-order valence-electron chi connectivity index (χ3n) is 5.15. The van der Waals surface area contributed by atoms with Crippen molar-refractivity contribution in [3.8, 4) is 17.2 Å². The van der Waals surface area contributed by atoms with Crippen molar-refractivity contribution in [2.24, 2.45) is 5.10 Å². The summed E-state index contributed by atoms with van der Waals surface area (Å²) in [5, 5.41) is 16.0. The predicted molar refractivity (Wildman–Crippen MR) is 132 cm³/mol. The summed E-state index contributed by atoms with van der Waals surface area (Å²) in [6.07, 6.45) is 1.69. The monoisotopic (exact) mass is 490 g/mol. The molecule has 0 aliphatic heterocycles. The Balaban J connectivity index is 1.34. The van der Waals surface area contributed by atoms with Gasteiger partial charge in [0.1, 0.15) is 12.9 Å². The van der Waals surface area contributed by atoms with Gasteiger partial charge in [-0.25, -0.2) is 10.1 Å². The van der Waals surface area contributed by atoms with Gasteiger partial charge >= 0.3 is 0 Å². The summed E-state index contributed by atoms with van der Waals surface area (Å²) in [5.74, 6) is 0.947. The number of benzene rings is 3. The van der Waals surface area contributed by atoms with E-state index >= 15 is 0 Å². The first-order valence-corrected chi connectivity index (χ1v) is 11.1. The number of amides is 1. The molecule has 1 aromatic heterocycles. The van der Waals surface area contributed by atoms with Crippen molar-refractivity contribution in [3.05, 3.63) is 94.8 Å². The highest BCUT2D eigenvalue weighted by molar-refractivity contribution is 6.30. The first kappa shape index (κ1) is 23.9. The molecule has 4 aromatic rings. The highest BCUT2D eigenvalue weighted by atomic mass is 35.5. The molecule has 0 unspecified atom stereocenters. The minimum atomic E-state index is -0.227. The van der Waals surface area contributed by atoms with E-state index in [0.29, 0.717) is 28.8 Å². The summed E-state index contributed by atoms with van der Waals surface area (Å²) < 4.78 is 12.9. The number of rotatable bonds is 9. The van der Waals surface area contributed by atoms with Gasteiger partial charge in [0.2, 0.25) is 5.91 Å². The first-order valence-electron chi connectivity index (χ1n) is 10.7. The normalized spacial score (nSPS) is 11.2. The summed E-state index contributed by atoms with van der Waals surface area (Å²) in [4.78, 5) is 12.4. The molecule has 0 aliphatic rings. The number of aromatic nitrogens is 4. The molecule has 3 aromatic carbocycles. The van der Waals surface area contributed by atoms with E-state index in [1.165, 1.54) is 6.33 Å². The maximum atomic E-state index is 12.4. The minimum Gasteiger partial charge on any atom is -0.493 e. The van der Waals surface area contributed by atoms with Crippen LogP contribution in [-0.4, -0.2) is 38.9 Å². The van der Waals surface area contributed by atoms with Crippen molar-refractivity contribution >= 4 is 23.2 Å². The second kappa shape index (κ2) is 11.3. The quantitative estimate of drug-likeness (QED) is 0.281. The molecule has 1 amide bonds. The molecule has 1 N–H and O–H groups in total. The standard InChI is InChI=1S/C25H23ClN6O3/c1-17(28-29-25(33)13-18-5-10-22(11-6-18)32-16-27-30-31-32)20-7-12-23(24(14-20)34-2)35-15-19-3-8-21(26)9-4-19/h3-12,14,16H,13,15H2,1-2H3,(H,29,33)/b28-17+. The van der Waals surface area contributed by atoms with Gasteiger partial charge in [0.15, 0.2) is 11.5 Å². The highest BCUT2D eigenvalue weighted by Gasteiger charge is 2.09. The fourth-order valence-corrected chi connectivity index (χ4v) is 3.36. The summed E-state index contributed by atoms with van der Waals surface area (Å²) in [6, 6.07) is 20.3. The van der Waals surface area contributed by atoms with Gasteiger partial charge in [-0.2, -0.15) is 5.10 Å². The van der Waals surface area contributed by atoms with Crippen LogP contribution in [0.4, 0.5) is 0 Å². The number of carbonyl (C=O) groups is 1. The maximum absolute atomic E-state index is 12.4. The Bertz CT molecular complexity index is 1310. The first-order chi connectivity index (χ1) is 17.0. The molecule has 0 atom stereocenters. The van der Waals surface area contributed by atoms with Gasteiger partial charge in [0, 0.05) is 10.6 Å². The molecule has 9 nitrogen and oxygen atoms in total. The molecule has 0 radical (unpaired) electrons. The largest absolute Gasteiger partial charge is 0.493 e. The molecule has 0 bridgehead atoms. The van der Waals surface area contributed by atoms with E-state index in [2.05, 4.69) is 26.1 Å². The zero-order chi connectivity index (χ0) is 24.6. The number of ether oxygens (including phenoxy) is 2. The van der Waals surface area contributed by atoms with Crippen LogP contribution in [0.2, 0.25) is 5.02 Å². The van der Waals surface area contributed by atoms with Gasteiger partial charge in [-0.15, -0.1) is 5.10 Å². The van der Waals surface area contributed by atoms with Crippen LogP contribution >= 0.6 is 11.6 Å². The molecule has 35 heavy (non-hydrogen) atoms. The van der Waals surface area contributed by atoms with Crippen molar-refractivity contribution in [1.82, 2.24) is 25.6 Å². The second-order valence-corrected chi connectivity index (χ2v) is 8.05. The van der Waals surface area contributed by atoms with Crippen molar-refractivity contribution < 1.29 is 14.3 Å². The molecule has 0 saturated carbocycles. The van der Waals surface area contributed by atoms with Crippen LogP contribution in [-0.2, 0) is 17.8 Å². The Morgan fingerprint density at radius 3 is 2.46 bits per heavy atom. The van der Waals surface area contributed by atoms with Gasteiger partial charge in [-0.05, 0) is 70.9 Å². The molecule has 0 fully saturated rings. The SMILES string of the molecule is COc1cc(/C(C)=N/NC(=O)Cc2ccc(-n3cnnn3)cc2)ccc1OCc1ccc(Cl)cc1. The van der Waals surface area contributed by atoms with Gasteiger partial charge < -0.3 is 9.47 Å². The third kappa shape index (κ3) is 6.42. The van der Waals surface area contributed by atoms with Gasteiger partial charge in [-0.3, -0.25) is 4.79 Å². The number of nitrogens with one attached hydrogen (secondary N) is 1. The Morgan fingerprint density at radius 1 is 1.03 bits per heavy atom. The van der Waals surface area contributed by atoms with Gasteiger partial charge in [-0.1, -0.05) is 35.9 Å². The molecule has 0 aliphatic carbocycles. The lowest BCUT2D eigenvalue weighted by Gasteiger charge is -2.12. The number of nitrogens with zero attached hydrogens (tertiary/aromatic N) is 5. The lowest BCUT2D eigenvalue weighted by atomic mass is 10.1. The Labute approximate surface area is 207 Å². The van der Waals surface area contributed by atoms with Crippen LogP contribution < -0.4 is 14.9 Å². The molecule has 4 rings (SSSR count). The Kier molecular flexibility index (Phi) is 7.69. The van der Waals surface area contributed by atoms with Crippen LogP contribution in [0.15, 0.2) is 78.2 Å². The van der Waals surface area contributed by atoms with Crippen molar-refractivity contribution in [2.45, 2.75) is 20.0 Å². The van der Waals surface area contributed by atoms with Crippen LogP contribution in [0.5, 0.6) is 11.5 Å². The van der Waals surface area contributed by atoms with Crippen LogP contribution in [0.25, 0.3) is 5.69 Å². The Hall–Kier alpha value is -4.24. The minimum absolute atomic E-state index is 0.188. The number of hydrogen-bond acceptors (Lipinski definition) is 7. The third-order valence-corrected chi connectivity index (χ3v) is 5.40. The van der Waals surface area contributed by atoms with E-state index < -0.39 is 0 Å². The molecule has 1 heterocycles. The molecular weight excluding hydrogens is 468 g/mol. The lowest BCUT2D eigenvalue weighted by molar-refractivity contribution is -0.120. The molecule has 10 heteroatoms. The van der Waals surface area contributed by atoms with Crippen molar-refractivity contribution in [3.63, 3.8) is 0 Å². The van der Waals surface area contributed by atoms with Crippen LogP contribution in [0, 0.1) is 0 Å². The average molecular weight is 491 g/mol. The number of methoxy groups -OCH3 is 1. The van der Waals surface area contributed by atoms with E-state index in [-0.39, 0.29) is 12.3 Å². The van der Waals surface area contributed by atoms with Crippen LogP contribution in [0.3, 0.4) is 0 Å². The van der Waals surface area contributed by atoms with E-state index in [0.717, 1.165) is 22.4 Å². The highest BCUT2D eigenvalue weighted by Crippen LogP contribution is 2.29. The number of tetrazole rings is 1.